The Hall–Kier alpha value is -0.930. The van der Waals surface area contributed by atoms with Crippen molar-refractivity contribution in [1.82, 2.24) is 5.32 Å². The van der Waals surface area contributed by atoms with Crippen molar-refractivity contribution < 1.29 is 9.47 Å². The largest absolute Gasteiger partial charge is 0.486 e. The molecule has 1 N–H and O–H groups in total. The maximum Gasteiger partial charge on any atom is 0.165 e. The molecule has 104 valence electrons. The zero-order chi connectivity index (χ0) is 13.2. The van der Waals surface area contributed by atoms with Crippen LogP contribution in [0.25, 0.3) is 0 Å². The van der Waals surface area contributed by atoms with E-state index in [4.69, 9.17) is 21.1 Å². The number of hydrogen-bond acceptors (Lipinski definition) is 3. The van der Waals surface area contributed by atoms with Gasteiger partial charge in [0, 0.05) is 5.56 Å². The first-order chi connectivity index (χ1) is 9.25. The summed E-state index contributed by atoms with van der Waals surface area (Å²) in [5, 5.41) is 4.25. The second kappa shape index (κ2) is 5.59. The minimum atomic E-state index is 0.609. The second-order valence-electron chi connectivity index (χ2n) is 5.40. The van der Waals surface area contributed by atoms with E-state index >= 15 is 0 Å². The number of nitrogens with one attached hydrogen (secondary N) is 1. The lowest BCUT2D eigenvalue weighted by Gasteiger charge is -2.26. The summed E-state index contributed by atoms with van der Waals surface area (Å²) >= 11 is 6.50. The highest BCUT2D eigenvalue weighted by atomic mass is 35.5. The number of fused-ring (bicyclic) bond motifs is 1. The van der Waals surface area contributed by atoms with Gasteiger partial charge in [-0.1, -0.05) is 11.6 Å². The van der Waals surface area contributed by atoms with Crippen LogP contribution in [0.3, 0.4) is 0 Å². The van der Waals surface area contributed by atoms with Crippen molar-refractivity contribution in [2.75, 3.05) is 26.3 Å². The van der Waals surface area contributed by atoms with Gasteiger partial charge in [0.05, 0.1) is 5.02 Å². The molecule has 3 nitrogen and oxygen atoms in total. The van der Waals surface area contributed by atoms with Crippen LogP contribution in [0.4, 0.5) is 0 Å². The monoisotopic (exact) mass is 281 g/mol. The molecule has 0 atom stereocenters. The van der Waals surface area contributed by atoms with Gasteiger partial charge in [-0.25, -0.2) is 0 Å². The first kappa shape index (κ1) is 13.1. The zero-order valence-electron chi connectivity index (χ0n) is 11.3. The maximum absolute atomic E-state index is 6.50. The van der Waals surface area contributed by atoms with Crippen LogP contribution in [0.15, 0.2) is 6.07 Å². The van der Waals surface area contributed by atoms with Crippen molar-refractivity contribution in [2.45, 2.75) is 26.2 Å². The van der Waals surface area contributed by atoms with Crippen LogP contribution in [0, 0.1) is 12.8 Å². The highest BCUT2D eigenvalue weighted by molar-refractivity contribution is 6.32. The van der Waals surface area contributed by atoms with E-state index in [2.05, 4.69) is 11.4 Å². The van der Waals surface area contributed by atoms with Crippen molar-refractivity contribution in [3.63, 3.8) is 0 Å². The maximum atomic E-state index is 6.50. The Bertz CT molecular complexity index is 470. The Morgan fingerprint density at radius 3 is 2.79 bits per heavy atom. The fourth-order valence-corrected chi connectivity index (χ4v) is 3.16. The third-order valence-electron chi connectivity index (χ3n) is 4.04. The molecule has 0 radical (unpaired) electrons. The topological polar surface area (TPSA) is 30.5 Å². The number of halogens is 1. The Morgan fingerprint density at radius 2 is 2.00 bits per heavy atom. The minimum Gasteiger partial charge on any atom is -0.486 e. The van der Waals surface area contributed by atoms with E-state index in [0.29, 0.717) is 13.2 Å². The van der Waals surface area contributed by atoms with Crippen molar-refractivity contribution in [1.29, 1.82) is 0 Å². The molecule has 0 amide bonds. The quantitative estimate of drug-likeness (QED) is 0.904. The normalized spacial score (nSPS) is 19.5. The van der Waals surface area contributed by atoms with Crippen molar-refractivity contribution in [3.05, 3.63) is 22.2 Å². The van der Waals surface area contributed by atoms with E-state index in [9.17, 15) is 0 Å². The molecule has 4 heteroatoms. The molecule has 1 aromatic carbocycles. The Balaban J connectivity index is 1.86. The molecule has 0 aromatic heterocycles. The Morgan fingerprint density at radius 1 is 1.26 bits per heavy atom. The smallest absolute Gasteiger partial charge is 0.165 e. The molecule has 0 bridgehead atoms. The van der Waals surface area contributed by atoms with Crippen LogP contribution in [-0.4, -0.2) is 26.3 Å². The zero-order valence-corrected chi connectivity index (χ0v) is 12.1. The minimum absolute atomic E-state index is 0.609. The summed E-state index contributed by atoms with van der Waals surface area (Å²) in [6.45, 7) is 5.48. The number of ether oxygens (including phenoxy) is 2. The lowest BCUT2D eigenvalue weighted by molar-refractivity contribution is 0.170. The van der Waals surface area contributed by atoms with E-state index in [1.807, 2.05) is 6.92 Å². The highest BCUT2D eigenvalue weighted by Crippen LogP contribution is 2.41. The van der Waals surface area contributed by atoms with Crippen LogP contribution >= 0.6 is 11.6 Å². The summed E-state index contributed by atoms with van der Waals surface area (Å²) in [5.74, 6) is 2.41. The average molecular weight is 282 g/mol. The standard InChI is InChI=1S/C15H20ClNO2/c1-10-14(16)12(8-11-2-4-17-5-3-11)9-13-15(10)19-7-6-18-13/h9,11,17H,2-8H2,1H3. The summed E-state index contributed by atoms with van der Waals surface area (Å²) in [6, 6.07) is 2.08. The number of rotatable bonds is 2. The molecule has 0 spiro atoms. The van der Waals surface area contributed by atoms with Gasteiger partial charge in [0.1, 0.15) is 13.2 Å². The first-order valence-electron chi connectivity index (χ1n) is 7.04. The molecular weight excluding hydrogens is 262 g/mol. The van der Waals surface area contributed by atoms with Crippen LogP contribution < -0.4 is 14.8 Å². The molecule has 0 saturated carbocycles. The van der Waals surface area contributed by atoms with Crippen LogP contribution in [-0.2, 0) is 6.42 Å². The molecule has 1 fully saturated rings. The Kier molecular flexibility index (Phi) is 3.85. The fraction of sp³-hybridized carbons (Fsp3) is 0.600. The highest BCUT2D eigenvalue weighted by Gasteiger charge is 2.22. The molecule has 1 aromatic rings. The molecule has 2 aliphatic heterocycles. The number of benzene rings is 1. The molecule has 19 heavy (non-hydrogen) atoms. The van der Waals surface area contributed by atoms with Gasteiger partial charge in [0.2, 0.25) is 0 Å². The van der Waals surface area contributed by atoms with Crippen LogP contribution in [0.2, 0.25) is 5.02 Å². The predicted octanol–water partition coefficient (Wildman–Crippen LogP) is 2.96. The van der Waals surface area contributed by atoms with E-state index in [1.165, 1.54) is 18.4 Å². The van der Waals surface area contributed by atoms with Gasteiger partial charge in [0.15, 0.2) is 11.5 Å². The van der Waals surface area contributed by atoms with E-state index in [0.717, 1.165) is 47.5 Å². The third kappa shape index (κ3) is 2.67. The van der Waals surface area contributed by atoms with Gasteiger partial charge in [-0.2, -0.15) is 0 Å². The molecule has 2 aliphatic rings. The molecule has 3 rings (SSSR count). The number of hydrogen-bond donors (Lipinski definition) is 1. The lowest BCUT2D eigenvalue weighted by Crippen LogP contribution is -2.28. The third-order valence-corrected chi connectivity index (χ3v) is 4.56. The predicted molar refractivity (Wildman–Crippen MR) is 76.5 cm³/mol. The summed E-state index contributed by atoms with van der Waals surface area (Å²) < 4.78 is 11.4. The fourth-order valence-electron chi connectivity index (χ4n) is 2.94. The van der Waals surface area contributed by atoms with Gasteiger partial charge in [0.25, 0.3) is 0 Å². The van der Waals surface area contributed by atoms with Crippen molar-refractivity contribution >= 4 is 11.6 Å². The molecule has 1 saturated heterocycles. The van der Waals surface area contributed by atoms with E-state index in [1.54, 1.807) is 0 Å². The Labute approximate surface area is 119 Å². The second-order valence-corrected chi connectivity index (χ2v) is 5.77. The summed E-state index contributed by atoms with van der Waals surface area (Å²) in [5.41, 5.74) is 2.22. The first-order valence-corrected chi connectivity index (χ1v) is 7.42. The van der Waals surface area contributed by atoms with Gasteiger partial charge in [-0.3, -0.25) is 0 Å². The molecule has 0 aliphatic carbocycles. The van der Waals surface area contributed by atoms with Crippen LogP contribution in [0.1, 0.15) is 24.0 Å². The lowest BCUT2D eigenvalue weighted by atomic mass is 9.90. The van der Waals surface area contributed by atoms with Gasteiger partial charge >= 0.3 is 0 Å². The van der Waals surface area contributed by atoms with Gasteiger partial charge in [-0.05, 0) is 56.8 Å². The summed E-state index contributed by atoms with van der Waals surface area (Å²) in [7, 11) is 0. The summed E-state index contributed by atoms with van der Waals surface area (Å²) in [6.07, 6.45) is 3.49. The van der Waals surface area contributed by atoms with Gasteiger partial charge in [-0.15, -0.1) is 0 Å². The SMILES string of the molecule is Cc1c(Cl)c(CC2CCNCC2)cc2c1OCCO2. The van der Waals surface area contributed by atoms with E-state index in [-0.39, 0.29) is 0 Å². The summed E-state index contributed by atoms with van der Waals surface area (Å²) in [4.78, 5) is 0. The van der Waals surface area contributed by atoms with Crippen LogP contribution in [0.5, 0.6) is 11.5 Å². The van der Waals surface area contributed by atoms with Gasteiger partial charge < -0.3 is 14.8 Å². The van der Waals surface area contributed by atoms with Crippen molar-refractivity contribution in [3.8, 4) is 11.5 Å². The van der Waals surface area contributed by atoms with Crippen molar-refractivity contribution in [2.24, 2.45) is 5.92 Å². The number of piperidine rings is 1. The van der Waals surface area contributed by atoms with E-state index < -0.39 is 0 Å². The molecule has 0 unspecified atom stereocenters. The molecule has 2 heterocycles. The average Bonchev–Trinajstić information content (AvgIpc) is 2.46. The molecular formula is C15H20ClNO2.